The second-order valence-electron chi connectivity index (χ2n) is 9.12. The van der Waals surface area contributed by atoms with Gasteiger partial charge in [0.1, 0.15) is 17.7 Å². The molecule has 1 aromatic heterocycles. The molecule has 1 N–H and O–H groups in total. The zero-order valence-corrected chi connectivity index (χ0v) is 19.0. The van der Waals surface area contributed by atoms with Crippen molar-refractivity contribution in [2.75, 3.05) is 44.7 Å². The number of ether oxygens (including phenoxy) is 2. The Morgan fingerprint density at radius 2 is 1.88 bits per heavy atom. The topological polar surface area (TPSA) is 75.1 Å². The van der Waals surface area contributed by atoms with E-state index in [1.807, 2.05) is 48.7 Å². The third kappa shape index (κ3) is 4.48. The highest BCUT2D eigenvalue weighted by atomic mass is 16.5. The average Bonchev–Trinajstić information content (AvgIpc) is 2.87. The number of rotatable bonds is 5. The van der Waals surface area contributed by atoms with E-state index in [0.29, 0.717) is 18.4 Å². The summed E-state index contributed by atoms with van der Waals surface area (Å²) in [5, 5.41) is 10.8. The van der Waals surface area contributed by atoms with Gasteiger partial charge in [0.15, 0.2) is 5.78 Å². The number of hydrogen-bond donors (Lipinski definition) is 1. The van der Waals surface area contributed by atoms with Crippen molar-refractivity contribution in [3.05, 3.63) is 60.5 Å². The number of Topliss-reactive ketones (excluding diaryl/α,β-unsaturated/α-hetero) is 1. The van der Waals surface area contributed by atoms with Crippen LogP contribution in [0.4, 0.5) is 5.82 Å². The maximum absolute atomic E-state index is 13.4. The van der Waals surface area contributed by atoms with Crippen molar-refractivity contribution in [1.82, 2.24) is 9.88 Å². The lowest BCUT2D eigenvalue weighted by Gasteiger charge is -2.45. The summed E-state index contributed by atoms with van der Waals surface area (Å²) >= 11 is 0. The number of ketones is 1. The minimum absolute atomic E-state index is 0.0808. The van der Waals surface area contributed by atoms with Crippen LogP contribution in [-0.4, -0.2) is 72.8 Å². The summed E-state index contributed by atoms with van der Waals surface area (Å²) in [6.07, 6.45) is 3.98. The number of hydrogen-bond acceptors (Lipinski definition) is 7. The molecule has 174 valence electrons. The predicted molar refractivity (Wildman–Crippen MR) is 126 cm³/mol. The average molecular weight is 450 g/mol. The van der Waals surface area contributed by atoms with E-state index in [9.17, 15) is 9.90 Å². The Morgan fingerprint density at radius 3 is 2.58 bits per heavy atom. The molecule has 3 aliphatic rings. The molecule has 1 aliphatic carbocycles. The molecule has 5 rings (SSSR count). The van der Waals surface area contributed by atoms with Gasteiger partial charge in [-0.3, -0.25) is 9.69 Å². The van der Waals surface area contributed by atoms with Crippen molar-refractivity contribution in [2.45, 2.75) is 25.0 Å². The van der Waals surface area contributed by atoms with Crippen LogP contribution in [0.15, 0.2) is 54.9 Å². The van der Waals surface area contributed by atoms with Gasteiger partial charge in [0.25, 0.3) is 0 Å². The van der Waals surface area contributed by atoms with Crippen LogP contribution in [0.5, 0.6) is 5.75 Å². The molecular weight excluding hydrogens is 418 g/mol. The number of carbonyl (C=O) groups is 1. The molecule has 4 atom stereocenters. The number of nitrogens with zero attached hydrogens (tertiary/aromatic N) is 3. The Labute approximate surface area is 194 Å². The van der Waals surface area contributed by atoms with E-state index in [1.54, 1.807) is 13.4 Å². The summed E-state index contributed by atoms with van der Waals surface area (Å²) in [6, 6.07) is 13.5. The number of fused-ring (bicyclic) bond motifs is 1. The molecule has 0 spiro atoms. The van der Waals surface area contributed by atoms with Crippen molar-refractivity contribution >= 4 is 17.2 Å². The second-order valence-corrected chi connectivity index (χ2v) is 9.12. The maximum atomic E-state index is 13.4. The van der Waals surface area contributed by atoms with E-state index < -0.39 is 6.10 Å². The van der Waals surface area contributed by atoms with Gasteiger partial charge in [0, 0.05) is 44.8 Å². The van der Waals surface area contributed by atoms with Gasteiger partial charge in [-0.25, -0.2) is 4.98 Å². The van der Waals surface area contributed by atoms with Gasteiger partial charge in [0.2, 0.25) is 0 Å². The molecule has 7 heteroatoms. The first-order valence-corrected chi connectivity index (χ1v) is 11.7. The standard InChI is InChI=1S/C26H31N3O4/c1-32-19-7-5-18(6-8-19)22-17-33-26-20(25(22)31)9-10-23(30)21(26)16-28-12-14-29(15-13-28)24-4-2-3-11-27-24/h2-8,11,17,20-21,23,26,30H,9-10,12-16H2,1H3. The number of allylic oxidation sites excluding steroid dienone is 1. The SMILES string of the molecule is COc1ccc(C2=COC3C(CCC(O)C3CN3CCN(c4ccccn4)CC3)C2=O)cc1. The second kappa shape index (κ2) is 9.53. The highest BCUT2D eigenvalue weighted by Crippen LogP contribution is 2.40. The van der Waals surface area contributed by atoms with Crippen LogP contribution >= 0.6 is 0 Å². The van der Waals surface area contributed by atoms with Crippen LogP contribution in [0, 0.1) is 11.8 Å². The van der Waals surface area contributed by atoms with Crippen molar-refractivity contribution < 1.29 is 19.4 Å². The Kier molecular flexibility index (Phi) is 6.33. The summed E-state index contributed by atoms with van der Waals surface area (Å²) in [5.41, 5.74) is 1.45. The summed E-state index contributed by atoms with van der Waals surface area (Å²) < 4.78 is 11.4. The van der Waals surface area contributed by atoms with E-state index in [2.05, 4.69) is 14.8 Å². The number of anilines is 1. The lowest BCUT2D eigenvalue weighted by molar-refractivity contribution is -0.133. The number of aliphatic hydroxyl groups excluding tert-OH is 1. The van der Waals surface area contributed by atoms with E-state index >= 15 is 0 Å². The van der Waals surface area contributed by atoms with E-state index in [-0.39, 0.29) is 23.7 Å². The highest BCUT2D eigenvalue weighted by molar-refractivity contribution is 6.22. The Morgan fingerprint density at radius 1 is 1.09 bits per heavy atom. The number of aliphatic hydroxyl groups is 1. The van der Waals surface area contributed by atoms with Gasteiger partial charge in [-0.05, 0) is 42.7 Å². The third-order valence-electron chi connectivity index (χ3n) is 7.25. The zero-order valence-electron chi connectivity index (χ0n) is 19.0. The zero-order chi connectivity index (χ0) is 22.8. The molecule has 7 nitrogen and oxygen atoms in total. The highest BCUT2D eigenvalue weighted by Gasteiger charge is 2.46. The van der Waals surface area contributed by atoms with Crippen molar-refractivity contribution in [3.63, 3.8) is 0 Å². The van der Waals surface area contributed by atoms with Crippen LogP contribution < -0.4 is 9.64 Å². The molecule has 1 saturated heterocycles. The van der Waals surface area contributed by atoms with Gasteiger partial charge in [0.05, 0.1) is 31.0 Å². The minimum Gasteiger partial charge on any atom is -0.497 e. The monoisotopic (exact) mass is 449 g/mol. The molecule has 33 heavy (non-hydrogen) atoms. The van der Waals surface area contributed by atoms with Crippen LogP contribution in [0.2, 0.25) is 0 Å². The fraction of sp³-hybridized carbons (Fsp3) is 0.462. The fourth-order valence-electron chi connectivity index (χ4n) is 5.33. The molecule has 4 unspecified atom stereocenters. The smallest absolute Gasteiger partial charge is 0.173 e. The first-order chi connectivity index (χ1) is 16.1. The molecule has 0 bridgehead atoms. The van der Waals surface area contributed by atoms with E-state index in [4.69, 9.17) is 9.47 Å². The lowest BCUT2D eigenvalue weighted by Crippen LogP contribution is -2.55. The minimum atomic E-state index is -0.455. The van der Waals surface area contributed by atoms with E-state index in [0.717, 1.165) is 49.9 Å². The van der Waals surface area contributed by atoms with Crippen LogP contribution in [-0.2, 0) is 9.53 Å². The quantitative estimate of drug-likeness (QED) is 0.752. The van der Waals surface area contributed by atoms with E-state index in [1.165, 1.54) is 0 Å². The molecule has 1 saturated carbocycles. The number of aromatic nitrogens is 1. The third-order valence-corrected chi connectivity index (χ3v) is 7.25. The number of piperazine rings is 1. The molecular formula is C26H31N3O4. The molecule has 2 aromatic rings. The normalized spacial score (nSPS) is 28.0. The van der Waals surface area contributed by atoms with Gasteiger partial charge >= 0.3 is 0 Å². The van der Waals surface area contributed by atoms with Gasteiger partial charge in [-0.15, -0.1) is 0 Å². The summed E-state index contributed by atoms with van der Waals surface area (Å²) in [5.74, 6) is 1.59. The number of pyridine rings is 1. The van der Waals surface area contributed by atoms with Crippen LogP contribution in [0.25, 0.3) is 5.57 Å². The summed E-state index contributed by atoms with van der Waals surface area (Å²) in [4.78, 5) is 22.5. The lowest BCUT2D eigenvalue weighted by atomic mass is 9.72. The molecule has 2 fully saturated rings. The maximum Gasteiger partial charge on any atom is 0.173 e. The summed E-state index contributed by atoms with van der Waals surface area (Å²) in [6.45, 7) is 4.33. The molecule has 2 aliphatic heterocycles. The Bertz CT molecular complexity index is 986. The Balaban J connectivity index is 1.26. The first-order valence-electron chi connectivity index (χ1n) is 11.7. The predicted octanol–water partition coefficient (Wildman–Crippen LogP) is 2.61. The molecule has 0 radical (unpaired) electrons. The van der Waals surface area contributed by atoms with Gasteiger partial charge < -0.3 is 19.5 Å². The number of methoxy groups -OCH3 is 1. The van der Waals surface area contributed by atoms with Crippen LogP contribution in [0.1, 0.15) is 18.4 Å². The Hall–Kier alpha value is -2.90. The molecule has 0 amide bonds. The number of carbonyl (C=O) groups excluding carboxylic acids is 1. The van der Waals surface area contributed by atoms with Crippen molar-refractivity contribution in [2.24, 2.45) is 11.8 Å². The molecule has 3 heterocycles. The molecule has 1 aromatic carbocycles. The van der Waals surface area contributed by atoms with Crippen molar-refractivity contribution in [1.29, 1.82) is 0 Å². The van der Waals surface area contributed by atoms with Gasteiger partial charge in [-0.1, -0.05) is 18.2 Å². The first kappa shape index (κ1) is 21.9. The van der Waals surface area contributed by atoms with Gasteiger partial charge in [-0.2, -0.15) is 0 Å². The number of benzene rings is 1. The van der Waals surface area contributed by atoms with Crippen molar-refractivity contribution in [3.8, 4) is 5.75 Å². The summed E-state index contributed by atoms with van der Waals surface area (Å²) in [7, 11) is 1.62. The fourth-order valence-corrected chi connectivity index (χ4v) is 5.33. The van der Waals surface area contributed by atoms with Crippen LogP contribution in [0.3, 0.4) is 0 Å². The largest absolute Gasteiger partial charge is 0.497 e.